The number of non-ortho nitro benzene ring substituents is 1. The van der Waals surface area contributed by atoms with Crippen LogP contribution in [0.4, 0.5) is 10.1 Å². The lowest BCUT2D eigenvalue weighted by atomic mass is 10.1. The Kier molecular flexibility index (Phi) is 4.17. The molecule has 8 heteroatoms. The Hall–Kier alpha value is -2.90. The van der Waals surface area contributed by atoms with E-state index in [4.69, 9.17) is 0 Å². The van der Waals surface area contributed by atoms with Crippen LogP contribution in [0.25, 0.3) is 0 Å². The van der Waals surface area contributed by atoms with Crippen LogP contribution < -0.4 is 5.32 Å². The maximum atomic E-state index is 13.6. The van der Waals surface area contributed by atoms with Gasteiger partial charge in [-0.25, -0.2) is 4.39 Å². The van der Waals surface area contributed by atoms with Gasteiger partial charge in [0.15, 0.2) is 0 Å². The third-order valence-corrected chi connectivity index (χ3v) is 2.67. The lowest BCUT2D eigenvalue weighted by molar-refractivity contribution is -0.384. The average Bonchev–Trinajstić information content (AvgIpc) is 2.46. The van der Waals surface area contributed by atoms with Gasteiger partial charge in [0.1, 0.15) is 5.82 Å². The van der Waals surface area contributed by atoms with Gasteiger partial charge in [-0.05, 0) is 13.0 Å². The molecule has 0 radical (unpaired) electrons. The molecule has 0 saturated carbocycles. The van der Waals surface area contributed by atoms with E-state index in [2.05, 4.69) is 15.3 Å². The Bertz CT molecular complexity index is 688. The summed E-state index contributed by atoms with van der Waals surface area (Å²) in [5, 5.41) is 13.1. The number of aryl methyl sites for hydroxylation is 1. The maximum absolute atomic E-state index is 13.6. The Morgan fingerprint density at radius 3 is 2.76 bits per heavy atom. The van der Waals surface area contributed by atoms with E-state index in [-0.39, 0.29) is 17.8 Å². The number of benzene rings is 1. The summed E-state index contributed by atoms with van der Waals surface area (Å²) in [6.07, 6.45) is 3.02. The fourth-order valence-corrected chi connectivity index (χ4v) is 1.58. The molecule has 108 valence electrons. The standard InChI is InChI=1S/C13H11FN4O3/c1-8-5-16-9(6-15-8)7-17-13(19)11-4-10(18(20)21)2-3-12(11)14/h2-6H,7H2,1H3,(H,17,19). The first kappa shape index (κ1) is 14.5. The summed E-state index contributed by atoms with van der Waals surface area (Å²) in [6, 6.07) is 2.78. The summed E-state index contributed by atoms with van der Waals surface area (Å²) in [6.45, 7) is 1.82. The van der Waals surface area contributed by atoms with Gasteiger partial charge in [-0.1, -0.05) is 0 Å². The second kappa shape index (κ2) is 6.04. The molecular weight excluding hydrogens is 279 g/mol. The normalized spacial score (nSPS) is 10.2. The number of rotatable bonds is 4. The number of aromatic nitrogens is 2. The molecule has 0 aliphatic rings. The number of carbonyl (C=O) groups is 1. The number of nitrogens with zero attached hydrogens (tertiary/aromatic N) is 3. The van der Waals surface area contributed by atoms with Crippen molar-refractivity contribution in [2.24, 2.45) is 0 Å². The summed E-state index contributed by atoms with van der Waals surface area (Å²) in [5.41, 5.74) is 0.496. The van der Waals surface area contributed by atoms with Crippen LogP contribution in [-0.2, 0) is 6.54 Å². The van der Waals surface area contributed by atoms with Crippen LogP contribution in [0.5, 0.6) is 0 Å². The van der Waals surface area contributed by atoms with Crippen LogP contribution in [0.1, 0.15) is 21.7 Å². The van der Waals surface area contributed by atoms with Crippen molar-refractivity contribution in [3.63, 3.8) is 0 Å². The quantitative estimate of drug-likeness (QED) is 0.683. The van der Waals surface area contributed by atoms with E-state index in [9.17, 15) is 19.3 Å². The molecule has 1 N–H and O–H groups in total. The molecule has 0 aliphatic heterocycles. The van der Waals surface area contributed by atoms with E-state index >= 15 is 0 Å². The van der Waals surface area contributed by atoms with Crippen LogP contribution in [0.2, 0.25) is 0 Å². The van der Waals surface area contributed by atoms with E-state index in [0.29, 0.717) is 5.69 Å². The smallest absolute Gasteiger partial charge is 0.270 e. The summed E-state index contributed by atoms with van der Waals surface area (Å²) in [4.78, 5) is 29.8. The Labute approximate surface area is 119 Å². The molecule has 0 aliphatic carbocycles. The minimum atomic E-state index is -0.826. The molecule has 2 rings (SSSR count). The van der Waals surface area contributed by atoms with Gasteiger partial charge in [0.05, 0.1) is 34.6 Å². The molecule has 1 amide bonds. The highest BCUT2D eigenvalue weighted by atomic mass is 19.1. The second-order valence-corrected chi connectivity index (χ2v) is 4.25. The van der Waals surface area contributed by atoms with Crippen LogP contribution in [0.3, 0.4) is 0 Å². The molecular formula is C13H11FN4O3. The first-order valence-electron chi connectivity index (χ1n) is 5.97. The number of amides is 1. The predicted molar refractivity (Wildman–Crippen MR) is 71.0 cm³/mol. The number of nitrogens with one attached hydrogen (secondary N) is 1. The minimum Gasteiger partial charge on any atom is -0.346 e. The van der Waals surface area contributed by atoms with Crippen molar-refractivity contribution < 1.29 is 14.1 Å². The first-order chi connectivity index (χ1) is 9.97. The topological polar surface area (TPSA) is 98.0 Å². The lowest BCUT2D eigenvalue weighted by Gasteiger charge is -2.05. The Morgan fingerprint density at radius 1 is 1.38 bits per heavy atom. The highest BCUT2D eigenvalue weighted by molar-refractivity contribution is 5.95. The van der Waals surface area contributed by atoms with Gasteiger partial charge in [-0.15, -0.1) is 0 Å². The molecule has 0 unspecified atom stereocenters. The number of hydrogen-bond acceptors (Lipinski definition) is 5. The predicted octanol–water partition coefficient (Wildman–Crippen LogP) is 1.76. The minimum absolute atomic E-state index is 0.0498. The molecule has 0 bridgehead atoms. The van der Waals surface area contributed by atoms with Crippen molar-refractivity contribution in [1.82, 2.24) is 15.3 Å². The molecule has 0 spiro atoms. The fraction of sp³-hybridized carbons (Fsp3) is 0.154. The summed E-state index contributed by atoms with van der Waals surface area (Å²) in [7, 11) is 0. The zero-order valence-electron chi connectivity index (χ0n) is 11.0. The molecule has 0 atom stereocenters. The van der Waals surface area contributed by atoms with Crippen molar-refractivity contribution in [3.05, 3.63) is 63.5 Å². The molecule has 7 nitrogen and oxygen atoms in total. The van der Waals surface area contributed by atoms with Crippen molar-refractivity contribution in [2.75, 3.05) is 0 Å². The van der Waals surface area contributed by atoms with Gasteiger partial charge in [0, 0.05) is 18.3 Å². The number of carbonyl (C=O) groups excluding carboxylic acids is 1. The van der Waals surface area contributed by atoms with Crippen LogP contribution in [0.15, 0.2) is 30.6 Å². The number of nitro benzene ring substituents is 1. The molecule has 0 saturated heterocycles. The Balaban J connectivity index is 2.11. The van der Waals surface area contributed by atoms with E-state index in [1.165, 1.54) is 12.4 Å². The SMILES string of the molecule is Cc1cnc(CNC(=O)c2cc([N+](=O)[O-])ccc2F)cn1. The fourth-order valence-electron chi connectivity index (χ4n) is 1.58. The lowest BCUT2D eigenvalue weighted by Crippen LogP contribution is -2.24. The summed E-state index contributed by atoms with van der Waals surface area (Å²) < 4.78 is 13.6. The van der Waals surface area contributed by atoms with Gasteiger partial charge in [0.2, 0.25) is 0 Å². The third kappa shape index (κ3) is 3.56. The van der Waals surface area contributed by atoms with E-state index in [1.54, 1.807) is 6.92 Å². The van der Waals surface area contributed by atoms with Gasteiger partial charge < -0.3 is 5.32 Å². The van der Waals surface area contributed by atoms with Crippen molar-refractivity contribution in [2.45, 2.75) is 13.5 Å². The van der Waals surface area contributed by atoms with Crippen LogP contribution in [0, 0.1) is 22.9 Å². The summed E-state index contributed by atoms with van der Waals surface area (Å²) in [5.74, 6) is -1.58. The highest BCUT2D eigenvalue weighted by Gasteiger charge is 2.16. The molecule has 2 aromatic rings. The monoisotopic (exact) mass is 290 g/mol. The van der Waals surface area contributed by atoms with Crippen molar-refractivity contribution in [3.8, 4) is 0 Å². The molecule has 1 heterocycles. The maximum Gasteiger partial charge on any atom is 0.270 e. The molecule has 1 aromatic heterocycles. The average molecular weight is 290 g/mol. The number of halogens is 1. The molecule has 1 aromatic carbocycles. The van der Waals surface area contributed by atoms with E-state index in [0.717, 1.165) is 23.9 Å². The van der Waals surface area contributed by atoms with Gasteiger partial charge in [0.25, 0.3) is 11.6 Å². The molecule has 0 fully saturated rings. The zero-order valence-corrected chi connectivity index (χ0v) is 11.0. The Morgan fingerprint density at radius 2 is 2.14 bits per heavy atom. The second-order valence-electron chi connectivity index (χ2n) is 4.25. The van der Waals surface area contributed by atoms with E-state index < -0.39 is 16.6 Å². The van der Waals surface area contributed by atoms with Gasteiger partial charge >= 0.3 is 0 Å². The van der Waals surface area contributed by atoms with Crippen molar-refractivity contribution >= 4 is 11.6 Å². The van der Waals surface area contributed by atoms with Crippen LogP contribution in [-0.4, -0.2) is 20.8 Å². The largest absolute Gasteiger partial charge is 0.346 e. The van der Waals surface area contributed by atoms with Gasteiger partial charge in [-0.3, -0.25) is 24.9 Å². The highest BCUT2D eigenvalue weighted by Crippen LogP contribution is 2.16. The van der Waals surface area contributed by atoms with Crippen LogP contribution >= 0.6 is 0 Å². The number of hydrogen-bond donors (Lipinski definition) is 1. The molecule has 21 heavy (non-hydrogen) atoms. The zero-order chi connectivity index (χ0) is 15.4. The summed E-state index contributed by atoms with van der Waals surface area (Å²) >= 11 is 0. The van der Waals surface area contributed by atoms with Gasteiger partial charge in [-0.2, -0.15) is 0 Å². The van der Waals surface area contributed by atoms with E-state index in [1.807, 2.05) is 0 Å². The first-order valence-corrected chi connectivity index (χ1v) is 5.97. The van der Waals surface area contributed by atoms with Crippen molar-refractivity contribution in [1.29, 1.82) is 0 Å². The third-order valence-electron chi connectivity index (χ3n) is 2.67. The number of nitro groups is 1.